The number of pyridine rings is 1. The van der Waals surface area contributed by atoms with Gasteiger partial charge < -0.3 is 5.32 Å². The van der Waals surface area contributed by atoms with E-state index in [1.807, 2.05) is 24.3 Å². The van der Waals surface area contributed by atoms with E-state index in [0.717, 1.165) is 11.0 Å². The van der Waals surface area contributed by atoms with E-state index < -0.39 is 5.91 Å². The zero-order valence-corrected chi connectivity index (χ0v) is 16.4. The second-order valence-corrected chi connectivity index (χ2v) is 7.02. The summed E-state index contributed by atoms with van der Waals surface area (Å²) in [6.45, 7) is 0. The standard InChI is InChI=1S/C20H11Cl3N4O/c21-14-7-5-11(25-20(28)12-6-8-18(22)27-19(12)23)9-13(14)17-10-24-15-3-1-2-4-16(15)26-17/h1-10H,(H,25,28). The summed E-state index contributed by atoms with van der Waals surface area (Å²) in [6, 6.07) is 15.7. The lowest BCUT2D eigenvalue weighted by molar-refractivity contribution is 0.102. The van der Waals surface area contributed by atoms with E-state index >= 15 is 0 Å². The van der Waals surface area contributed by atoms with Crippen LogP contribution in [0.4, 0.5) is 5.69 Å². The summed E-state index contributed by atoms with van der Waals surface area (Å²) in [5.74, 6) is -0.410. The third kappa shape index (κ3) is 3.78. The fourth-order valence-corrected chi connectivity index (χ4v) is 3.31. The SMILES string of the molecule is O=C(Nc1ccc(Cl)c(-c2cnc3ccccc3n2)c1)c1ccc(Cl)nc1Cl. The summed E-state index contributed by atoms with van der Waals surface area (Å²) in [7, 11) is 0. The summed E-state index contributed by atoms with van der Waals surface area (Å²) < 4.78 is 0. The van der Waals surface area contributed by atoms with Gasteiger partial charge >= 0.3 is 0 Å². The van der Waals surface area contributed by atoms with E-state index in [1.165, 1.54) is 12.1 Å². The monoisotopic (exact) mass is 428 g/mol. The molecule has 2 aromatic carbocycles. The van der Waals surface area contributed by atoms with Crippen LogP contribution in [0.2, 0.25) is 15.3 Å². The van der Waals surface area contributed by atoms with Crippen LogP contribution >= 0.6 is 34.8 Å². The van der Waals surface area contributed by atoms with Gasteiger partial charge in [0.1, 0.15) is 10.3 Å². The van der Waals surface area contributed by atoms with Crippen molar-refractivity contribution in [3.63, 3.8) is 0 Å². The molecule has 0 saturated carbocycles. The van der Waals surface area contributed by atoms with Crippen molar-refractivity contribution >= 4 is 57.4 Å². The quantitative estimate of drug-likeness (QED) is 0.411. The Labute approximate surface area is 175 Å². The van der Waals surface area contributed by atoms with E-state index in [2.05, 4.69) is 20.3 Å². The maximum atomic E-state index is 12.5. The van der Waals surface area contributed by atoms with Crippen LogP contribution in [0.5, 0.6) is 0 Å². The number of nitrogens with zero attached hydrogens (tertiary/aromatic N) is 3. The number of carbonyl (C=O) groups excluding carboxylic acids is 1. The molecule has 0 aliphatic carbocycles. The highest BCUT2D eigenvalue weighted by molar-refractivity contribution is 6.35. The molecule has 1 N–H and O–H groups in total. The molecule has 0 saturated heterocycles. The Morgan fingerprint density at radius 2 is 1.68 bits per heavy atom. The Balaban J connectivity index is 1.67. The Kier molecular flexibility index (Phi) is 5.13. The van der Waals surface area contributed by atoms with Gasteiger partial charge in [-0.25, -0.2) is 9.97 Å². The van der Waals surface area contributed by atoms with E-state index in [1.54, 1.807) is 24.4 Å². The maximum Gasteiger partial charge on any atom is 0.258 e. The van der Waals surface area contributed by atoms with E-state index in [9.17, 15) is 4.79 Å². The van der Waals surface area contributed by atoms with Crippen LogP contribution in [0.25, 0.3) is 22.3 Å². The molecule has 1 amide bonds. The summed E-state index contributed by atoms with van der Waals surface area (Å²) >= 11 is 18.1. The number of aromatic nitrogens is 3. The maximum absolute atomic E-state index is 12.5. The van der Waals surface area contributed by atoms with E-state index in [0.29, 0.717) is 22.0 Å². The fraction of sp³-hybridized carbons (Fsp3) is 0. The molecule has 0 aliphatic heterocycles. The van der Waals surface area contributed by atoms with Crippen LogP contribution in [0, 0.1) is 0 Å². The highest BCUT2D eigenvalue weighted by atomic mass is 35.5. The van der Waals surface area contributed by atoms with E-state index in [-0.39, 0.29) is 15.9 Å². The predicted molar refractivity (Wildman–Crippen MR) is 112 cm³/mol. The molecule has 138 valence electrons. The highest BCUT2D eigenvalue weighted by Gasteiger charge is 2.14. The van der Waals surface area contributed by atoms with Crippen LogP contribution < -0.4 is 5.32 Å². The van der Waals surface area contributed by atoms with Gasteiger partial charge in [-0.2, -0.15) is 0 Å². The Bertz CT molecular complexity index is 1210. The van der Waals surface area contributed by atoms with Crippen molar-refractivity contribution < 1.29 is 4.79 Å². The number of para-hydroxylation sites is 2. The zero-order chi connectivity index (χ0) is 19.7. The smallest absolute Gasteiger partial charge is 0.258 e. The summed E-state index contributed by atoms with van der Waals surface area (Å²) in [5.41, 5.74) is 3.55. The molecule has 5 nitrogen and oxygen atoms in total. The van der Waals surface area contributed by atoms with Crippen LogP contribution in [-0.4, -0.2) is 20.9 Å². The van der Waals surface area contributed by atoms with E-state index in [4.69, 9.17) is 34.8 Å². The van der Waals surface area contributed by atoms with Gasteiger partial charge in [0.2, 0.25) is 0 Å². The van der Waals surface area contributed by atoms with Crippen molar-refractivity contribution in [3.05, 3.63) is 81.7 Å². The number of benzene rings is 2. The van der Waals surface area contributed by atoms with Crippen molar-refractivity contribution in [1.29, 1.82) is 0 Å². The van der Waals surface area contributed by atoms with Gasteiger partial charge in [-0.3, -0.25) is 9.78 Å². The van der Waals surface area contributed by atoms with Gasteiger partial charge in [0.05, 0.1) is 33.5 Å². The summed E-state index contributed by atoms with van der Waals surface area (Å²) in [4.78, 5) is 25.4. The molecule has 0 unspecified atom stereocenters. The molecule has 0 fully saturated rings. The first-order valence-corrected chi connectivity index (χ1v) is 9.30. The van der Waals surface area contributed by atoms with Gasteiger partial charge in [0, 0.05) is 11.3 Å². The minimum Gasteiger partial charge on any atom is -0.322 e. The van der Waals surface area contributed by atoms with Crippen LogP contribution in [0.1, 0.15) is 10.4 Å². The van der Waals surface area contributed by atoms with Gasteiger partial charge in [0.15, 0.2) is 0 Å². The number of halogens is 3. The number of anilines is 1. The van der Waals surface area contributed by atoms with Crippen LogP contribution in [0.3, 0.4) is 0 Å². The first-order chi connectivity index (χ1) is 13.5. The molecule has 2 heterocycles. The lowest BCUT2D eigenvalue weighted by Gasteiger charge is -2.10. The number of hydrogen-bond donors (Lipinski definition) is 1. The number of nitrogens with one attached hydrogen (secondary N) is 1. The average molecular weight is 430 g/mol. The predicted octanol–water partition coefficient (Wildman–Crippen LogP) is 5.90. The number of fused-ring (bicyclic) bond motifs is 1. The normalized spacial score (nSPS) is 10.8. The Hall–Kier alpha value is -2.73. The van der Waals surface area contributed by atoms with Gasteiger partial charge in [-0.1, -0.05) is 46.9 Å². The molecule has 28 heavy (non-hydrogen) atoms. The molecular weight excluding hydrogens is 419 g/mol. The molecule has 0 radical (unpaired) electrons. The minimum atomic E-state index is -0.410. The lowest BCUT2D eigenvalue weighted by Crippen LogP contribution is -2.13. The molecule has 0 aliphatic rings. The van der Waals surface area contributed by atoms with Gasteiger partial charge in [0.25, 0.3) is 5.91 Å². The average Bonchev–Trinajstić information content (AvgIpc) is 2.69. The largest absolute Gasteiger partial charge is 0.322 e. The first kappa shape index (κ1) is 18.6. The topological polar surface area (TPSA) is 67.8 Å². The number of rotatable bonds is 3. The Morgan fingerprint density at radius 1 is 0.893 bits per heavy atom. The number of carbonyl (C=O) groups is 1. The zero-order valence-electron chi connectivity index (χ0n) is 14.2. The molecule has 2 aromatic heterocycles. The molecule has 8 heteroatoms. The molecule has 0 spiro atoms. The second kappa shape index (κ2) is 7.72. The van der Waals surface area contributed by atoms with Crippen molar-refractivity contribution in [2.75, 3.05) is 5.32 Å². The molecule has 0 bridgehead atoms. The van der Waals surface area contributed by atoms with Crippen molar-refractivity contribution in [1.82, 2.24) is 15.0 Å². The fourth-order valence-electron chi connectivity index (χ4n) is 2.67. The molecule has 4 rings (SSSR count). The third-order valence-electron chi connectivity index (χ3n) is 4.01. The van der Waals surface area contributed by atoms with Crippen LogP contribution in [-0.2, 0) is 0 Å². The number of amides is 1. The van der Waals surface area contributed by atoms with Crippen molar-refractivity contribution in [3.8, 4) is 11.3 Å². The molecule has 4 aromatic rings. The van der Waals surface area contributed by atoms with Crippen molar-refractivity contribution in [2.45, 2.75) is 0 Å². The molecule has 0 atom stereocenters. The summed E-state index contributed by atoms with van der Waals surface area (Å²) in [6.07, 6.45) is 1.65. The highest BCUT2D eigenvalue weighted by Crippen LogP contribution is 2.30. The Morgan fingerprint density at radius 3 is 2.46 bits per heavy atom. The summed E-state index contributed by atoms with van der Waals surface area (Å²) in [5, 5.41) is 3.51. The van der Waals surface area contributed by atoms with Crippen molar-refractivity contribution in [2.24, 2.45) is 0 Å². The van der Waals surface area contributed by atoms with Gasteiger partial charge in [-0.05, 0) is 42.5 Å². The second-order valence-electron chi connectivity index (χ2n) is 5.87. The number of hydrogen-bond acceptors (Lipinski definition) is 4. The molecular formula is C20H11Cl3N4O. The minimum absolute atomic E-state index is 0.0274. The van der Waals surface area contributed by atoms with Crippen LogP contribution in [0.15, 0.2) is 60.8 Å². The van der Waals surface area contributed by atoms with Gasteiger partial charge in [-0.15, -0.1) is 0 Å². The lowest BCUT2D eigenvalue weighted by atomic mass is 10.1. The first-order valence-electron chi connectivity index (χ1n) is 8.16. The third-order valence-corrected chi connectivity index (χ3v) is 4.84.